The Balaban J connectivity index is 0.000000138. The molecule has 0 saturated heterocycles. The van der Waals surface area contributed by atoms with E-state index >= 15 is 0 Å². The van der Waals surface area contributed by atoms with E-state index in [1.807, 2.05) is 36.4 Å². The average Bonchev–Trinajstić information content (AvgIpc) is 2.75. The zero-order valence-corrected chi connectivity index (χ0v) is 11.0. The zero-order chi connectivity index (χ0) is 11.2. The summed E-state index contributed by atoms with van der Waals surface area (Å²) in [6.45, 7) is 0. The van der Waals surface area contributed by atoms with Crippen LogP contribution in [0.3, 0.4) is 0 Å². The van der Waals surface area contributed by atoms with Crippen LogP contribution >= 0.6 is 27.3 Å². The SMILES string of the molecule is Brc1scc2ccccc12.c1ccccc1. The Morgan fingerprint density at radius 2 is 1.31 bits per heavy atom. The summed E-state index contributed by atoms with van der Waals surface area (Å²) in [5, 5.41) is 4.78. The molecule has 0 bridgehead atoms. The third kappa shape index (κ3) is 2.94. The number of hydrogen-bond acceptors (Lipinski definition) is 1. The number of halogens is 1. The summed E-state index contributed by atoms with van der Waals surface area (Å²) in [5.74, 6) is 0. The van der Waals surface area contributed by atoms with Crippen LogP contribution in [0, 0.1) is 0 Å². The molecule has 1 aromatic heterocycles. The molecule has 80 valence electrons. The van der Waals surface area contributed by atoms with E-state index in [0.29, 0.717) is 0 Å². The molecule has 16 heavy (non-hydrogen) atoms. The monoisotopic (exact) mass is 290 g/mol. The van der Waals surface area contributed by atoms with E-state index in [-0.39, 0.29) is 0 Å². The van der Waals surface area contributed by atoms with Gasteiger partial charge in [0.05, 0.1) is 3.79 Å². The summed E-state index contributed by atoms with van der Waals surface area (Å²) in [6.07, 6.45) is 0. The minimum atomic E-state index is 1.23. The summed E-state index contributed by atoms with van der Waals surface area (Å²) < 4.78 is 1.23. The lowest BCUT2D eigenvalue weighted by atomic mass is 10.2. The van der Waals surface area contributed by atoms with E-state index in [2.05, 4.69) is 45.6 Å². The molecule has 1 heterocycles. The van der Waals surface area contributed by atoms with Crippen LogP contribution in [0.25, 0.3) is 10.8 Å². The molecule has 0 N–H and O–H groups in total. The number of fused-ring (bicyclic) bond motifs is 1. The van der Waals surface area contributed by atoms with E-state index < -0.39 is 0 Å². The molecule has 0 unspecified atom stereocenters. The fourth-order valence-corrected chi connectivity index (χ4v) is 2.73. The van der Waals surface area contributed by atoms with Crippen LogP contribution in [0.15, 0.2) is 69.8 Å². The van der Waals surface area contributed by atoms with Gasteiger partial charge in [0.25, 0.3) is 0 Å². The third-order valence-corrected chi connectivity index (χ3v) is 3.92. The lowest BCUT2D eigenvalue weighted by molar-refractivity contribution is 1.72. The van der Waals surface area contributed by atoms with Gasteiger partial charge in [-0.05, 0) is 26.7 Å². The molecule has 0 nitrogen and oxygen atoms in total. The highest BCUT2D eigenvalue weighted by atomic mass is 79.9. The molecule has 0 fully saturated rings. The molecule has 0 atom stereocenters. The summed E-state index contributed by atoms with van der Waals surface area (Å²) in [7, 11) is 0. The Kier molecular flexibility index (Phi) is 4.14. The molecule has 0 radical (unpaired) electrons. The van der Waals surface area contributed by atoms with Gasteiger partial charge in [-0.2, -0.15) is 0 Å². The quantitative estimate of drug-likeness (QED) is 0.523. The molecule has 0 spiro atoms. The number of benzene rings is 2. The molecular weight excluding hydrogens is 280 g/mol. The first kappa shape index (κ1) is 11.4. The molecule has 3 aromatic rings. The van der Waals surface area contributed by atoms with Crippen molar-refractivity contribution < 1.29 is 0 Å². The van der Waals surface area contributed by atoms with Crippen molar-refractivity contribution in [2.45, 2.75) is 0 Å². The molecule has 2 aromatic carbocycles. The van der Waals surface area contributed by atoms with Crippen molar-refractivity contribution in [3.05, 3.63) is 69.8 Å². The minimum absolute atomic E-state index is 1.23. The highest BCUT2D eigenvalue weighted by Gasteiger charge is 1.96. The maximum Gasteiger partial charge on any atom is 0.0776 e. The topological polar surface area (TPSA) is 0 Å². The maximum atomic E-state index is 3.49. The fourth-order valence-electron chi connectivity index (χ4n) is 1.34. The van der Waals surface area contributed by atoms with E-state index in [0.717, 1.165) is 0 Å². The fraction of sp³-hybridized carbons (Fsp3) is 0. The van der Waals surface area contributed by atoms with Gasteiger partial charge in [-0.3, -0.25) is 0 Å². The van der Waals surface area contributed by atoms with Crippen molar-refractivity contribution >= 4 is 38.0 Å². The average molecular weight is 291 g/mol. The van der Waals surface area contributed by atoms with Crippen LogP contribution in [-0.2, 0) is 0 Å². The van der Waals surface area contributed by atoms with Gasteiger partial charge in [-0.15, -0.1) is 11.3 Å². The van der Waals surface area contributed by atoms with Gasteiger partial charge in [-0.25, -0.2) is 0 Å². The van der Waals surface area contributed by atoms with Crippen molar-refractivity contribution in [3.8, 4) is 0 Å². The largest absolute Gasteiger partial charge is 0.136 e. The van der Waals surface area contributed by atoms with Gasteiger partial charge >= 0.3 is 0 Å². The second-order valence-corrected chi connectivity index (χ2v) is 5.45. The molecule has 2 heteroatoms. The van der Waals surface area contributed by atoms with Crippen LogP contribution in [0.2, 0.25) is 0 Å². The third-order valence-electron chi connectivity index (χ3n) is 2.13. The molecule has 0 aliphatic carbocycles. The summed E-state index contributed by atoms with van der Waals surface area (Å²) in [6, 6.07) is 20.4. The van der Waals surface area contributed by atoms with E-state index in [1.165, 1.54) is 14.6 Å². The lowest BCUT2D eigenvalue weighted by Crippen LogP contribution is -1.60. The van der Waals surface area contributed by atoms with Gasteiger partial charge in [0, 0.05) is 5.39 Å². The smallest absolute Gasteiger partial charge is 0.0776 e. The highest BCUT2D eigenvalue weighted by molar-refractivity contribution is 9.11. The second kappa shape index (κ2) is 5.83. The molecule has 3 rings (SSSR count). The summed E-state index contributed by atoms with van der Waals surface area (Å²) >= 11 is 5.22. The first-order valence-electron chi connectivity index (χ1n) is 4.99. The van der Waals surface area contributed by atoms with Gasteiger partial charge in [0.15, 0.2) is 0 Å². The summed E-state index contributed by atoms with van der Waals surface area (Å²) in [5.41, 5.74) is 0. The van der Waals surface area contributed by atoms with Crippen LogP contribution in [0.1, 0.15) is 0 Å². The Morgan fingerprint density at radius 1 is 0.750 bits per heavy atom. The number of rotatable bonds is 0. The van der Waals surface area contributed by atoms with E-state index in [4.69, 9.17) is 0 Å². The van der Waals surface area contributed by atoms with Crippen molar-refractivity contribution in [2.75, 3.05) is 0 Å². The van der Waals surface area contributed by atoms with Crippen LogP contribution < -0.4 is 0 Å². The maximum absolute atomic E-state index is 3.49. The van der Waals surface area contributed by atoms with E-state index in [9.17, 15) is 0 Å². The number of hydrogen-bond donors (Lipinski definition) is 0. The van der Waals surface area contributed by atoms with Crippen molar-refractivity contribution in [1.82, 2.24) is 0 Å². The minimum Gasteiger partial charge on any atom is -0.136 e. The van der Waals surface area contributed by atoms with E-state index in [1.54, 1.807) is 11.3 Å². The van der Waals surface area contributed by atoms with Crippen LogP contribution in [-0.4, -0.2) is 0 Å². The normalized spacial score (nSPS) is 9.56. The Morgan fingerprint density at radius 3 is 1.88 bits per heavy atom. The van der Waals surface area contributed by atoms with Crippen molar-refractivity contribution in [3.63, 3.8) is 0 Å². The zero-order valence-electron chi connectivity index (χ0n) is 8.64. The van der Waals surface area contributed by atoms with Crippen molar-refractivity contribution in [1.29, 1.82) is 0 Å². The molecule has 0 aliphatic rings. The van der Waals surface area contributed by atoms with Gasteiger partial charge in [0.1, 0.15) is 0 Å². The predicted octanol–water partition coefficient (Wildman–Crippen LogP) is 5.35. The lowest BCUT2D eigenvalue weighted by Gasteiger charge is -1.85. The predicted molar refractivity (Wildman–Crippen MR) is 76.0 cm³/mol. The molecule has 0 saturated carbocycles. The van der Waals surface area contributed by atoms with Crippen LogP contribution in [0.4, 0.5) is 0 Å². The Labute approximate surface area is 108 Å². The Hall–Kier alpha value is -1.12. The standard InChI is InChI=1S/C8H5BrS.C6H6/c9-8-7-4-2-1-3-6(7)5-10-8;1-2-4-6-5-3-1/h1-5H;1-6H. The first-order chi connectivity index (χ1) is 7.88. The molecule has 0 aliphatic heterocycles. The van der Waals surface area contributed by atoms with Gasteiger partial charge in [-0.1, -0.05) is 60.7 Å². The second-order valence-electron chi connectivity index (χ2n) is 3.25. The van der Waals surface area contributed by atoms with Crippen molar-refractivity contribution in [2.24, 2.45) is 0 Å². The van der Waals surface area contributed by atoms with Gasteiger partial charge < -0.3 is 0 Å². The van der Waals surface area contributed by atoms with Crippen LogP contribution in [0.5, 0.6) is 0 Å². The molecule has 0 amide bonds. The highest BCUT2D eigenvalue weighted by Crippen LogP contribution is 2.29. The Bertz CT molecular complexity index is 516. The number of thiophene rings is 1. The van der Waals surface area contributed by atoms with Gasteiger partial charge in [0.2, 0.25) is 0 Å². The molecular formula is C14H11BrS. The summed E-state index contributed by atoms with van der Waals surface area (Å²) in [4.78, 5) is 0. The first-order valence-corrected chi connectivity index (χ1v) is 6.67.